The minimum Gasteiger partial charge on any atom is -0.379 e. The Labute approximate surface area is 152 Å². The van der Waals surface area contributed by atoms with Crippen LogP contribution in [0.3, 0.4) is 0 Å². The van der Waals surface area contributed by atoms with Crippen molar-refractivity contribution in [2.45, 2.75) is 19.5 Å². The Morgan fingerprint density at radius 3 is 2.68 bits per heavy atom. The molecule has 2 aromatic rings. The first-order valence-corrected chi connectivity index (χ1v) is 9.74. The second-order valence-corrected chi connectivity index (χ2v) is 8.26. The third-order valence-corrected chi connectivity index (χ3v) is 5.96. The summed E-state index contributed by atoms with van der Waals surface area (Å²) in [6.45, 7) is 7.55. The fraction of sp³-hybridized carbons (Fsp3) is 0.526. The summed E-state index contributed by atoms with van der Waals surface area (Å²) in [5.41, 5.74) is 1.37. The molecule has 0 bridgehead atoms. The van der Waals surface area contributed by atoms with Crippen LogP contribution in [0.4, 0.5) is 4.39 Å². The maximum Gasteiger partial charge on any atom is 0.123 e. The lowest BCUT2D eigenvalue weighted by atomic mass is 9.87. The predicted molar refractivity (Wildman–Crippen MR) is 96.9 cm³/mol. The van der Waals surface area contributed by atoms with Crippen LogP contribution in [0.1, 0.15) is 17.0 Å². The van der Waals surface area contributed by atoms with Gasteiger partial charge in [-0.15, -0.1) is 11.3 Å². The SMILES string of the molecule is Fc1ccc(CN2CCOCC3(CCN(Cc4nccs4)C3)C2)cc1. The minimum atomic E-state index is -0.173. The van der Waals surface area contributed by atoms with Crippen molar-refractivity contribution in [3.05, 3.63) is 52.2 Å². The van der Waals surface area contributed by atoms with Gasteiger partial charge in [-0.25, -0.2) is 9.37 Å². The second-order valence-electron chi connectivity index (χ2n) is 7.28. The molecule has 3 heterocycles. The Bertz CT molecular complexity index is 678. The van der Waals surface area contributed by atoms with E-state index in [0.29, 0.717) is 0 Å². The van der Waals surface area contributed by atoms with Crippen LogP contribution in [0, 0.1) is 11.2 Å². The minimum absolute atomic E-state index is 0.173. The van der Waals surface area contributed by atoms with Crippen molar-refractivity contribution in [2.24, 2.45) is 5.41 Å². The van der Waals surface area contributed by atoms with E-state index in [1.807, 2.05) is 23.7 Å². The summed E-state index contributed by atoms with van der Waals surface area (Å²) in [5, 5.41) is 3.23. The number of rotatable bonds is 4. The molecule has 2 aliphatic rings. The van der Waals surface area contributed by atoms with Crippen LogP contribution in [0.15, 0.2) is 35.8 Å². The summed E-state index contributed by atoms with van der Waals surface area (Å²) in [7, 11) is 0. The third-order valence-electron chi connectivity index (χ3n) is 5.20. The summed E-state index contributed by atoms with van der Waals surface area (Å²) >= 11 is 1.73. The molecule has 1 aromatic carbocycles. The van der Waals surface area contributed by atoms with Crippen molar-refractivity contribution in [3.8, 4) is 0 Å². The highest BCUT2D eigenvalue weighted by Crippen LogP contribution is 2.34. The van der Waals surface area contributed by atoms with Gasteiger partial charge in [0.15, 0.2) is 0 Å². The molecule has 25 heavy (non-hydrogen) atoms. The van der Waals surface area contributed by atoms with Gasteiger partial charge in [0.2, 0.25) is 0 Å². The Kier molecular flexibility index (Phi) is 5.12. The lowest BCUT2D eigenvalue weighted by molar-refractivity contribution is 0.0706. The van der Waals surface area contributed by atoms with Gasteiger partial charge in [0.25, 0.3) is 0 Å². The zero-order valence-electron chi connectivity index (χ0n) is 14.4. The van der Waals surface area contributed by atoms with Crippen molar-refractivity contribution in [2.75, 3.05) is 39.4 Å². The molecule has 1 aromatic heterocycles. The van der Waals surface area contributed by atoms with Gasteiger partial charge in [-0.2, -0.15) is 0 Å². The predicted octanol–water partition coefficient (Wildman–Crippen LogP) is 3.01. The van der Waals surface area contributed by atoms with Gasteiger partial charge in [-0.05, 0) is 30.7 Å². The molecule has 1 spiro atoms. The van der Waals surface area contributed by atoms with Crippen molar-refractivity contribution >= 4 is 11.3 Å². The molecular formula is C19H24FN3OS. The lowest BCUT2D eigenvalue weighted by Crippen LogP contribution is -2.40. The number of ether oxygens (including phenoxy) is 1. The standard InChI is InChI=1S/C19H24FN3OS/c20-17-3-1-16(2-4-17)11-23-8-9-24-15-19(14-23)5-7-22(13-19)12-18-21-6-10-25-18/h1-4,6,10H,5,7-9,11-15H2. The van der Waals surface area contributed by atoms with E-state index in [1.165, 1.54) is 5.01 Å². The number of halogens is 1. The molecule has 0 N–H and O–H groups in total. The van der Waals surface area contributed by atoms with Crippen LogP contribution < -0.4 is 0 Å². The van der Waals surface area contributed by atoms with E-state index in [1.54, 1.807) is 23.5 Å². The maximum atomic E-state index is 13.1. The van der Waals surface area contributed by atoms with Crippen molar-refractivity contribution in [1.82, 2.24) is 14.8 Å². The molecule has 1 atom stereocenters. The molecule has 6 heteroatoms. The number of aromatic nitrogens is 1. The summed E-state index contributed by atoms with van der Waals surface area (Å²) in [5.74, 6) is -0.173. The van der Waals surface area contributed by atoms with E-state index < -0.39 is 0 Å². The summed E-state index contributed by atoms with van der Waals surface area (Å²) in [4.78, 5) is 9.38. The average Bonchev–Trinajstić information content (AvgIpc) is 3.20. The molecule has 0 aliphatic carbocycles. The van der Waals surface area contributed by atoms with Gasteiger partial charge < -0.3 is 4.74 Å². The van der Waals surface area contributed by atoms with Crippen LogP contribution in [-0.4, -0.2) is 54.2 Å². The number of thiazole rings is 1. The highest BCUT2D eigenvalue weighted by atomic mass is 32.1. The molecule has 2 fully saturated rings. The normalized spacial score (nSPS) is 25.5. The van der Waals surface area contributed by atoms with Gasteiger partial charge in [0.1, 0.15) is 10.8 Å². The number of likely N-dealkylation sites (tertiary alicyclic amines) is 1. The Morgan fingerprint density at radius 1 is 1.12 bits per heavy atom. The number of nitrogens with zero attached hydrogens (tertiary/aromatic N) is 3. The maximum absolute atomic E-state index is 13.1. The molecule has 1 unspecified atom stereocenters. The van der Waals surface area contributed by atoms with Crippen molar-refractivity contribution in [1.29, 1.82) is 0 Å². The van der Waals surface area contributed by atoms with Gasteiger partial charge in [-0.1, -0.05) is 12.1 Å². The van der Waals surface area contributed by atoms with Crippen molar-refractivity contribution < 1.29 is 9.13 Å². The lowest BCUT2D eigenvalue weighted by Gasteiger charge is -2.32. The molecule has 134 valence electrons. The van der Waals surface area contributed by atoms with Gasteiger partial charge in [0.05, 0.1) is 19.8 Å². The smallest absolute Gasteiger partial charge is 0.123 e. The van der Waals surface area contributed by atoms with Crippen LogP contribution in [-0.2, 0) is 17.8 Å². The first-order valence-electron chi connectivity index (χ1n) is 8.86. The van der Waals surface area contributed by atoms with E-state index in [9.17, 15) is 4.39 Å². The van der Waals surface area contributed by atoms with Crippen LogP contribution in [0.5, 0.6) is 0 Å². The van der Waals surface area contributed by atoms with Crippen LogP contribution in [0.25, 0.3) is 0 Å². The Hall–Kier alpha value is -1.34. The molecular weight excluding hydrogens is 337 g/mol. The fourth-order valence-corrected chi connectivity index (χ4v) is 4.65. The molecule has 4 rings (SSSR count). The van der Waals surface area contributed by atoms with Crippen LogP contribution in [0.2, 0.25) is 0 Å². The topological polar surface area (TPSA) is 28.6 Å². The van der Waals surface area contributed by atoms with Gasteiger partial charge in [0, 0.05) is 43.2 Å². The largest absolute Gasteiger partial charge is 0.379 e. The molecule has 0 radical (unpaired) electrons. The first kappa shape index (κ1) is 17.1. The summed E-state index contributed by atoms with van der Waals surface area (Å²) < 4.78 is 19.1. The van der Waals surface area contributed by atoms with E-state index >= 15 is 0 Å². The third kappa shape index (κ3) is 4.26. The summed E-state index contributed by atoms with van der Waals surface area (Å²) in [6, 6.07) is 6.86. The highest BCUT2D eigenvalue weighted by Gasteiger charge is 2.41. The first-order chi connectivity index (χ1) is 12.2. The van der Waals surface area contributed by atoms with E-state index in [0.717, 1.165) is 64.5 Å². The highest BCUT2D eigenvalue weighted by molar-refractivity contribution is 7.09. The fourth-order valence-electron chi connectivity index (χ4n) is 4.00. The Morgan fingerprint density at radius 2 is 1.92 bits per heavy atom. The monoisotopic (exact) mass is 361 g/mol. The second kappa shape index (κ2) is 7.50. The molecule has 2 saturated heterocycles. The van der Waals surface area contributed by atoms with E-state index in [2.05, 4.69) is 14.8 Å². The number of hydrogen-bond acceptors (Lipinski definition) is 5. The quantitative estimate of drug-likeness (QED) is 0.837. The van der Waals surface area contributed by atoms with Gasteiger partial charge in [-0.3, -0.25) is 9.80 Å². The zero-order valence-corrected chi connectivity index (χ0v) is 15.2. The van der Waals surface area contributed by atoms with E-state index in [-0.39, 0.29) is 11.2 Å². The number of benzene rings is 1. The van der Waals surface area contributed by atoms with Crippen LogP contribution >= 0.6 is 11.3 Å². The van der Waals surface area contributed by atoms with Gasteiger partial charge >= 0.3 is 0 Å². The Balaban J connectivity index is 1.40. The molecule has 0 amide bonds. The molecule has 4 nitrogen and oxygen atoms in total. The van der Waals surface area contributed by atoms with Crippen molar-refractivity contribution in [3.63, 3.8) is 0 Å². The zero-order chi connectivity index (χ0) is 17.1. The number of hydrogen-bond donors (Lipinski definition) is 0. The average molecular weight is 361 g/mol. The summed E-state index contributed by atoms with van der Waals surface area (Å²) in [6.07, 6.45) is 3.04. The van der Waals surface area contributed by atoms with E-state index in [4.69, 9.17) is 4.74 Å². The molecule has 2 aliphatic heterocycles. The molecule has 0 saturated carbocycles.